The fraction of sp³-hybridized carbons (Fsp3) is 0.700. The van der Waals surface area contributed by atoms with Crippen molar-refractivity contribution < 1.29 is 14.4 Å². The minimum atomic E-state index is -0.575. The molecule has 1 atom stereocenters. The van der Waals surface area contributed by atoms with Gasteiger partial charge in [0.05, 0.1) is 0 Å². The average Bonchev–Trinajstić information content (AvgIpc) is 2.08. The van der Waals surface area contributed by atoms with Gasteiger partial charge in [-0.15, -0.1) is 0 Å². The highest BCUT2D eigenvalue weighted by atomic mass is 16.2. The molecule has 1 aliphatic rings. The number of piperidine rings is 1. The molecule has 1 aliphatic heterocycles. The zero-order valence-corrected chi connectivity index (χ0v) is 9.22. The Hall–Kier alpha value is -1.39. The molecule has 84 valence electrons. The molecule has 1 fully saturated rings. The molecule has 3 amide bonds. The largest absolute Gasteiger partial charge is 0.344 e. The Morgan fingerprint density at radius 1 is 1.40 bits per heavy atom. The summed E-state index contributed by atoms with van der Waals surface area (Å²) in [5, 5.41) is 4.82. The van der Waals surface area contributed by atoms with Crippen LogP contribution in [-0.2, 0) is 14.4 Å². The van der Waals surface area contributed by atoms with Gasteiger partial charge in [0.15, 0.2) is 0 Å². The third kappa shape index (κ3) is 3.04. The maximum atomic E-state index is 11.6. The lowest BCUT2D eigenvalue weighted by atomic mass is 9.94. The van der Waals surface area contributed by atoms with E-state index in [1.165, 1.54) is 0 Å². The highest BCUT2D eigenvalue weighted by Crippen LogP contribution is 2.14. The number of carbonyl (C=O) groups is 3. The van der Waals surface area contributed by atoms with Crippen LogP contribution >= 0.6 is 0 Å². The number of rotatable bonds is 1. The van der Waals surface area contributed by atoms with Crippen LogP contribution < -0.4 is 10.6 Å². The lowest BCUT2D eigenvalue weighted by Crippen LogP contribution is -2.54. The molecule has 1 saturated heterocycles. The Morgan fingerprint density at radius 3 is 2.47 bits per heavy atom. The van der Waals surface area contributed by atoms with Crippen LogP contribution in [0.5, 0.6) is 0 Å². The van der Waals surface area contributed by atoms with E-state index in [0.717, 1.165) is 0 Å². The molecule has 15 heavy (non-hydrogen) atoms. The second-order valence-corrected chi connectivity index (χ2v) is 4.73. The summed E-state index contributed by atoms with van der Waals surface area (Å²) in [6.07, 6.45) is 0.660. The lowest BCUT2D eigenvalue weighted by molar-refractivity contribution is -0.139. The van der Waals surface area contributed by atoms with Gasteiger partial charge in [0.25, 0.3) is 0 Å². The fourth-order valence-corrected chi connectivity index (χ4v) is 1.21. The number of amides is 3. The van der Waals surface area contributed by atoms with Gasteiger partial charge in [0.2, 0.25) is 17.7 Å². The van der Waals surface area contributed by atoms with Crippen LogP contribution in [0.15, 0.2) is 0 Å². The second-order valence-electron chi connectivity index (χ2n) is 4.73. The highest BCUT2D eigenvalue weighted by molar-refractivity contribution is 6.01. The number of hydrogen-bond donors (Lipinski definition) is 2. The third-order valence-corrected chi connectivity index (χ3v) is 2.23. The van der Waals surface area contributed by atoms with Gasteiger partial charge in [-0.25, -0.2) is 0 Å². The molecule has 2 N–H and O–H groups in total. The highest BCUT2D eigenvalue weighted by Gasteiger charge is 2.31. The molecule has 0 aliphatic carbocycles. The quantitative estimate of drug-likeness (QED) is 0.598. The maximum absolute atomic E-state index is 11.6. The molecule has 1 heterocycles. The average molecular weight is 212 g/mol. The minimum absolute atomic E-state index is 0.183. The van der Waals surface area contributed by atoms with Crippen molar-refractivity contribution >= 4 is 17.7 Å². The third-order valence-electron chi connectivity index (χ3n) is 2.23. The molecule has 0 saturated carbocycles. The smallest absolute Gasteiger partial charge is 0.249 e. The van der Waals surface area contributed by atoms with Crippen molar-refractivity contribution in [3.8, 4) is 0 Å². The summed E-state index contributed by atoms with van der Waals surface area (Å²) in [5.74, 6) is -0.873. The standard InChI is InChI=1S/C10H16N2O3/c1-10(2,3)9(15)11-6-4-5-7(13)12-8(6)14/h6H,4-5H2,1-3H3,(H,11,15)(H,12,13,14). The van der Waals surface area contributed by atoms with E-state index in [2.05, 4.69) is 10.6 Å². The van der Waals surface area contributed by atoms with Gasteiger partial charge in [-0.2, -0.15) is 0 Å². The Bertz CT molecular complexity index is 304. The molecule has 0 spiro atoms. The summed E-state index contributed by atoms with van der Waals surface area (Å²) >= 11 is 0. The van der Waals surface area contributed by atoms with Gasteiger partial charge in [-0.05, 0) is 6.42 Å². The Morgan fingerprint density at radius 2 is 2.00 bits per heavy atom. The van der Waals surface area contributed by atoms with E-state index < -0.39 is 17.4 Å². The number of carbonyl (C=O) groups excluding carboxylic acids is 3. The fourth-order valence-electron chi connectivity index (χ4n) is 1.21. The van der Waals surface area contributed by atoms with Crippen molar-refractivity contribution in [2.24, 2.45) is 5.41 Å². The minimum Gasteiger partial charge on any atom is -0.344 e. The first kappa shape index (κ1) is 11.7. The molecule has 5 heteroatoms. The van der Waals surface area contributed by atoms with Crippen LogP contribution in [0.3, 0.4) is 0 Å². The first-order valence-electron chi connectivity index (χ1n) is 4.95. The summed E-state index contributed by atoms with van der Waals surface area (Å²) in [4.78, 5) is 33.8. The van der Waals surface area contributed by atoms with Crippen LogP contribution in [-0.4, -0.2) is 23.8 Å². The number of nitrogens with one attached hydrogen (secondary N) is 2. The SMILES string of the molecule is CC(C)(C)C(=O)NC1CCC(=O)NC1=O. The maximum Gasteiger partial charge on any atom is 0.249 e. The molecule has 0 bridgehead atoms. The Labute approximate surface area is 88.6 Å². The molecule has 0 radical (unpaired) electrons. The van der Waals surface area contributed by atoms with Crippen LogP contribution in [0.2, 0.25) is 0 Å². The van der Waals surface area contributed by atoms with E-state index in [0.29, 0.717) is 6.42 Å². The molecule has 0 aromatic heterocycles. The molecular formula is C10H16N2O3. The van der Waals surface area contributed by atoms with E-state index in [1.807, 2.05) is 0 Å². The number of imide groups is 1. The molecule has 0 aromatic carbocycles. The van der Waals surface area contributed by atoms with Gasteiger partial charge < -0.3 is 5.32 Å². The van der Waals surface area contributed by atoms with Crippen molar-refractivity contribution in [3.05, 3.63) is 0 Å². The topological polar surface area (TPSA) is 75.3 Å². The van der Waals surface area contributed by atoms with Crippen molar-refractivity contribution in [1.29, 1.82) is 0 Å². The molecule has 0 aromatic rings. The van der Waals surface area contributed by atoms with Crippen LogP contribution in [0.4, 0.5) is 0 Å². The van der Waals surface area contributed by atoms with Crippen molar-refractivity contribution in [2.75, 3.05) is 0 Å². The summed E-state index contributed by atoms with van der Waals surface area (Å²) in [6.45, 7) is 5.32. The Kier molecular flexibility index (Phi) is 3.12. The van der Waals surface area contributed by atoms with Gasteiger partial charge in [0.1, 0.15) is 6.04 Å². The first-order valence-corrected chi connectivity index (χ1v) is 4.95. The predicted octanol–water partition coefficient (Wildman–Crippen LogP) is -0.0461. The van der Waals surface area contributed by atoms with E-state index in [1.54, 1.807) is 20.8 Å². The van der Waals surface area contributed by atoms with Crippen LogP contribution in [0.1, 0.15) is 33.6 Å². The molecular weight excluding hydrogens is 196 g/mol. The second kappa shape index (κ2) is 4.00. The molecule has 1 unspecified atom stereocenters. The van der Waals surface area contributed by atoms with Crippen LogP contribution in [0.25, 0.3) is 0 Å². The Balaban J connectivity index is 2.56. The summed E-state index contributed by atoms with van der Waals surface area (Å²) in [6, 6.07) is -0.575. The van der Waals surface area contributed by atoms with Crippen molar-refractivity contribution in [3.63, 3.8) is 0 Å². The molecule has 1 rings (SSSR count). The first-order chi connectivity index (χ1) is 6.80. The summed E-state index contributed by atoms with van der Waals surface area (Å²) < 4.78 is 0. The lowest BCUT2D eigenvalue weighted by Gasteiger charge is -2.25. The summed E-state index contributed by atoms with van der Waals surface area (Å²) in [7, 11) is 0. The van der Waals surface area contributed by atoms with Crippen molar-refractivity contribution in [1.82, 2.24) is 10.6 Å². The van der Waals surface area contributed by atoms with Gasteiger partial charge in [-0.1, -0.05) is 20.8 Å². The van der Waals surface area contributed by atoms with Gasteiger partial charge >= 0.3 is 0 Å². The van der Waals surface area contributed by atoms with E-state index in [-0.39, 0.29) is 18.2 Å². The van der Waals surface area contributed by atoms with E-state index >= 15 is 0 Å². The zero-order valence-electron chi connectivity index (χ0n) is 9.22. The molecule has 5 nitrogen and oxygen atoms in total. The van der Waals surface area contributed by atoms with Crippen molar-refractivity contribution in [2.45, 2.75) is 39.7 Å². The van der Waals surface area contributed by atoms with Crippen LogP contribution in [0, 0.1) is 5.41 Å². The monoisotopic (exact) mass is 212 g/mol. The van der Waals surface area contributed by atoms with Gasteiger partial charge in [0, 0.05) is 11.8 Å². The van der Waals surface area contributed by atoms with Gasteiger partial charge in [-0.3, -0.25) is 19.7 Å². The predicted molar refractivity (Wildman–Crippen MR) is 53.8 cm³/mol. The van der Waals surface area contributed by atoms with E-state index in [9.17, 15) is 14.4 Å². The normalized spacial score (nSPS) is 22.2. The number of hydrogen-bond acceptors (Lipinski definition) is 3. The van der Waals surface area contributed by atoms with E-state index in [4.69, 9.17) is 0 Å². The summed E-state index contributed by atoms with van der Waals surface area (Å²) in [5.41, 5.74) is -0.526. The zero-order chi connectivity index (χ0) is 11.6.